The number of nitrogens with one attached hydrogen (secondary N) is 2. The van der Waals surface area contributed by atoms with Crippen LogP contribution in [-0.4, -0.2) is 23.4 Å². The molecule has 0 aliphatic heterocycles. The molecule has 1 heterocycles. The first-order valence-corrected chi connectivity index (χ1v) is 11.4. The monoisotopic (exact) mass is 499 g/mol. The fourth-order valence-corrected chi connectivity index (χ4v) is 3.93. The Balaban J connectivity index is 1.55. The number of aromatic nitrogens is 1. The number of benzene rings is 2. The largest absolute Gasteiger partial charge is 0.419 e. The summed E-state index contributed by atoms with van der Waals surface area (Å²) < 4.78 is 52.2. The Labute approximate surface area is 205 Å². The van der Waals surface area contributed by atoms with Gasteiger partial charge in [-0.2, -0.15) is 13.2 Å². The average molecular weight is 500 g/mol. The van der Waals surface area contributed by atoms with E-state index < -0.39 is 23.6 Å². The summed E-state index contributed by atoms with van der Waals surface area (Å²) in [4.78, 5) is 21.4. The van der Waals surface area contributed by atoms with Crippen molar-refractivity contribution >= 4 is 23.2 Å². The summed E-state index contributed by atoms with van der Waals surface area (Å²) in [6.07, 6.45) is -2.68. The second kappa shape index (κ2) is 9.96. The summed E-state index contributed by atoms with van der Waals surface area (Å²) in [5.74, 6) is -0.571. The normalized spacial score (nSPS) is 14.0. The van der Waals surface area contributed by atoms with Crippen molar-refractivity contribution in [3.63, 3.8) is 0 Å². The molecule has 188 valence electrons. The predicted molar refractivity (Wildman–Crippen MR) is 132 cm³/mol. The topological polar surface area (TPSA) is 92.4 Å². The van der Waals surface area contributed by atoms with Crippen molar-refractivity contribution in [3.8, 4) is 11.1 Å². The van der Waals surface area contributed by atoms with Crippen LogP contribution in [-0.2, 0) is 6.18 Å². The van der Waals surface area contributed by atoms with E-state index in [4.69, 9.17) is 10.7 Å². The fourth-order valence-electron chi connectivity index (χ4n) is 3.93. The molecule has 0 bridgehead atoms. The van der Waals surface area contributed by atoms with Crippen LogP contribution in [0.1, 0.15) is 48.2 Å². The molecular formula is C26H25F4N5O. The predicted octanol–water partition coefficient (Wildman–Crippen LogP) is 6.46. The minimum atomic E-state index is -4.87. The van der Waals surface area contributed by atoms with Crippen LogP contribution >= 0.6 is 0 Å². The second-order valence-electron chi connectivity index (χ2n) is 8.54. The Morgan fingerprint density at radius 2 is 1.72 bits per heavy atom. The van der Waals surface area contributed by atoms with Crippen LogP contribution in [0.5, 0.6) is 0 Å². The van der Waals surface area contributed by atoms with Crippen LogP contribution in [0.2, 0.25) is 0 Å². The van der Waals surface area contributed by atoms with Crippen LogP contribution in [0, 0.1) is 12.7 Å². The standard InChI is InChI=1S/C26H25F4N5O/c1-3-32-24(31)23-14(2)33-22(16-4-5-16)13-19(23)15-6-8-17(9-7-15)34-25(36)35-18-10-11-21(27)20(12-18)26(28,29)30/h6-13,16H,3-5H2,1-2H3,(H2,31,32)(H2,34,35,36). The number of aliphatic imine (C=N–C) groups is 1. The molecule has 1 saturated carbocycles. The molecule has 0 unspecified atom stereocenters. The number of carbonyl (C=O) groups is 1. The van der Waals surface area contributed by atoms with E-state index in [9.17, 15) is 22.4 Å². The molecular weight excluding hydrogens is 474 g/mol. The molecule has 1 fully saturated rings. The Kier molecular flexibility index (Phi) is 6.96. The molecule has 1 aliphatic rings. The molecule has 1 aromatic heterocycles. The zero-order valence-corrected chi connectivity index (χ0v) is 19.7. The summed E-state index contributed by atoms with van der Waals surface area (Å²) in [7, 11) is 0. The van der Waals surface area contributed by atoms with Gasteiger partial charge in [0, 0.05) is 40.8 Å². The molecule has 2 aromatic carbocycles. The average Bonchev–Trinajstić information content (AvgIpc) is 3.65. The van der Waals surface area contributed by atoms with E-state index in [1.54, 1.807) is 12.1 Å². The quantitative estimate of drug-likeness (QED) is 0.206. The number of urea groups is 1. The van der Waals surface area contributed by atoms with Crippen LogP contribution in [0.4, 0.5) is 33.7 Å². The molecule has 10 heteroatoms. The first-order chi connectivity index (χ1) is 17.1. The molecule has 2 amide bonds. The lowest BCUT2D eigenvalue weighted by molar-refractivity contribution is -0.139. The highest BCUT2D eigenvalue weighted by atomic mass is 19.4. The molecule has 3 aromatic rings. The zero-order chi connectivity index (χ0) is 26.0. The molecule has 0 spiro atoms. The molecule has 0 saturated heterocycles. The van der Waals surface area contributed by atoms with Crippen molar-refractivity contribution in [1.82, 2.24) is 4.98 Å². The molecule has 4 N–H and O–H groups in total. The maximum Gasteiger partial charge on any atom is 0.419 e. The van der Waals surface area contributed by atoms with Crippen LogP contribution in [0.3, 0.4) is 0 Å². The first-order valence-electron chi connectivity index (χ1n) is 11.4. The lowest BCUT2D eigenvalue weighted by Crippen LogP contribution is -2.20. The van der Waals surface area contributed by atoms with E-state index in [2.05, 4.69) is 15.6 Å². The maximum atomic E-state index is 13.5. The molecule has 6 nitrogen and oxygen atoms in total. The number of anilines is 2. The Hall–Kier alpha value is -3.95. The smallest absolute Gasteiger partial charge is 0.383 e. The minimum Gasteiger partial charge on any atom is -0.383 e. The van der Waals surface area contributed by atoms with Gasteiger partial charge in [-0.25, -0.2) is 9.18 Å². The number of pyridine rings is 1. The van der Waals surface area contributed by atoms with Gasteiger partial charge in [-0.3, -0.25) is 9.98 Å². The van der Waals surface area contributed by atoms with Crippen molar-refractivity contribution in [2.75, 3.05) is 17.2 Å². The zero-order valence-electron chi connectivity index (χ0n) is 19.7. The van der Waals surface area contributed by atoms with Crippen LogP contribution in [0.25, 0.3) is 11.1 Å². The highest BCUT2D eigenvalue weighted by molar-refractivity contribution is 6.05. The van der Waals surface area contributed by atoms with Gasteiger partial charge in [0.2, 0.25) is 0 Å². The summed E-state index contributed by atoms with van der Waals surface area (Å²) in [6.45, 7) is 4.34. The Morgan fingerprint density at radius 1 is 1.08 bits per heavy atom. The van der Waals surface area contributed by atoms with Crippen LogP contribution in [0.15, 0.2) is 53.5 Å². The Morgan fingerprint density at radius 3 is 2.33 bits per heavy atom. The van der Waals surface area contributed by atoms with E-state index in [1.807, 2.05) is 32.0 Å². The minimum absolute atomic E-state index is 0.187. The van der Waals surface area contributed by atoms with Gasteiger partial charge in [-0.1, -0.05) is 12.1 Å². The fraction of sp³-hybridized carbons (Fsp3) is 0.269. The van der Waals surface area contributed by atoms with Crippen molar-refractivity contribution in [2.45, 2.75) is 38.8 Å². The highest BCUT2D eigenvalue weighted by Gasteiger charge is 2.34. The maximum absolute atomic E-state index is 13.5. The number of rotatable bonds is 6. The second-order valence-corrected chi connectivity index (χ2v) is 8.54. The molecule has 0 atom stereocenters. The molecule has 4 rings (SSSR count). The number of nitrogens with two attached hydrogens (primary N) is 1. The van der Waals surface area contributed by atoms with E-state index in [1.165, 1.54) is 0 Å². The third-order valence-electron chi connectivity index (χ3n) is 5.78. The number of aryl methyl sites for hydroxylation is 1. The van der Waals surface area contributed by atoms with E-state index in [-0.39, 0.29) is 5.69 Å². The third kappa shape index (κ3) is 5.64. The van der Waals surface area contributed by atoms with Gasteiger partial charge in [0.25, 0.3) is 0 Å². The van der Waals surface area contributed by atoms with E-state index >= 15 is 0 Å². The van der Waals surface area contributed by atoms with E-state index in [0.717, 1.165) is 47.0 Å². The molecule has 0 radical (unpaired) electrons. The number of nitrogens with zero attached hydrogens (tertiary/aromatic N) is 2. The summed E-state index contributed by atoms with van der Waals surface area (Å²) in [5.41, 5.74) is 9.33. The van der Waals surface area contributed by atoms with Crippen LogP contribution < -0.4 is 16.4 Å². The van der Waals surface area contributed by atoms with Gasteiger partial charge in [0.15, 0.2) is 0 Å². The van der Waals surface area contributed by atoms with Gasteiger partial charge >= 0.3 is 12.2 Å². The van der Waals surface area contributed by atoms with Gasteiger partial charge in [0.1, 0.15) is 11.7 Å². The number of amides is 2. The summed E-state index contributed by atoms with van der Waals surface area (Å²) in [5, 5.41) is 4.86. The van der Waals surface area contributed by atoms with Gasteiger partial charge in [0.05, 0.1) is 5.56 Å². The number of hydrogen-bond acceptors (Lipinski definition) is 3. The molecule has 36 heavy (non-hydrogen) atoms. The third-order valence-corrected chi connectivity index (χ3v) is 5.78. The Bertz CT molecular complexity index is 1320. The van der Waals surface area contributed by atoms with Crippen molar-refractivity contribution in [2.24, 2.45) is 10.7 Å². The van der Waals surface area contributed by atoms with Gasteiger partial charge in [-0.05, 0) is 74.2 Å². The van der Waals surface area contributed by atoms with Gasteiger partial charge in [-0.15, -0.1) is 0 Å². The number of hydrogen-bond donors (Lipinski definition) is 3. The van der Waals surface area contributed by atoms with E-state index in [0.29, 0.717) is 36.1 Å². The van der Waals surface area contributed by atoms with Gasteiger partial charge < -0.3 is 16.4 Å². The van der Waals surface area contributed by atoms with Crippen molar-refractivity contribution in [3.05, 3.63) is 76.9 Å². The lowest BCUT2D eigenvalue weighted by Gasteiger charge is -2.15. The van der Waals surface area contributed by atoms with Crippen molar-refractivity contribution < 1.29 is 22.4 Å². The summed E-state index contributed by atoms with van der Waals surface area (Å²) >= 11 is 0. The number of alkyl halides is 3. The molecule has 1 aliphatic carbocycles. The number of amidine groups is 1. The lowest BCUT2D eigenvalue weighted by atomic mass is 9.96. The SMILES string of the molecule is CC/N=C(/N)c1c(-c2ccc(NC(=O)Nc3ccc(F)c(C(F)(F)F)c3)cc2)cc(C2CC2)nc1C. The van der Waals surface area contributed by atoms with Crippen molar-refractivity contribution in [1.29, 1.82) is 0 Å². The number of halogens is 4. The first kappa shape index (κ1) is 25.2. The number of carbonyl (C=O) groups excluding carboxylic acids is 1. The highest BCUT2D eigenvalue weighted by Crippen LogP contribution is 2.41. The summed E-state index contributed by atoms with van der Waals surface area (Å²) in [6, 6.07) is 10.5.